The third-order valence-corrected chi connectivity index (χ3v) is 9.99. The molecule has 2 unspecified atom stereocenters. The molecule has 0 aromatic heterocycles. The summed E-state index contributed by atoms with van der Waals surface area (Å²) >= 11 is 0. The van der Waals surface area contributed by atoms with Crippen LogP contribution < -0.4 is 54.0 Å². The Labute approximate surface area is 397 Å². The fraction of sp³-hybridized carbons (Fsp3) is 0.500. The molecule has 20 N–H and O–H groups in total. The van der Waals surface area contributed by atoms with Crippen LogP contribution in [0.4, 0.5) is 9.59 Å². The van der Waals surface area contributed by atoms with E-state index >= 15 is 0 Å². The second-order valence-corrected chi connectivity index (χ2v) is 15.4. The van der Waals surface area contributed by atoms with Crippen molar-refractivity contribution in [1.29, 1.82) is 10.8 Å². The van der Waals surface area contributed by atoms with Crippen molar-refractivity contribution >= 4 is 59.7 Å². The monoisotopic (exact) mass is 994 g/mol. The van der Waals surface area contributed by atoms with Crippen LogP contribution in [0, 0.1) is 10.8 Å². The molecule has 386 valence electrons. The highest BCUT2D eigenvalue weighted by Crippen LogP contribution is 2.27. The van der Waals surface area contributed by atoms with Crippen LogP contribution in [0.15, 0.2) is 47.9 Å². The smallest absolute Gasteiger partial charge is 0.407 e. The first kappa shape index (κ1) is 56.4. The summed E-state index contributed by atoms with van der Waals surface area (Å²) in [6.45, 7) is -0.191. The quantitative estimate of drug-likeness (QED) is 0.0339. The van der Waals surface area contributed by atoms with Crippen molar-refractivity contribution in [3.63, 3.8) is 0 Å². The van der Waals surface area contributed by atoms with Crippen molar-refractivity contribution in [2.45, 2.75) is 101 Å². The van der Waals surface area contributed by atoms with Gasteiger partial charge in [-0.3, -0.25) is 30.0 Å². The summed E-state index contributed by atoms with van der Waals surface area (Å²) in [4.78, 5) is 98.4. The zero-order chi connectivity index (χ0) is 52.2. The summed E-state index contributed by atoms with van der Waals surface area (Å²) in [5.41, 5.74) is 12.2. The molecule has 10 atom stereocenters. The van der Waals surface area contributed by atoms with Gasteiger partial charge in [0.05, 0.1) is 37.4 Å². The van der Waals surface area contributed by atoms with Crippen molar-refractivity contribution in [2.24, 2.45) is 11.5 Å². The van der Waals surface area contributed by atoms with Gasteiger partial charge in [-0.15, -0.1) is 0 Å². The van der Waals surface area contributed by atoms with Crippen LogP contribution in [0.2, 0.25) is 0 Å². The minimum Gasteiger partial charge on any atom is -0.477 e. The maximum absolute atomic E-state index is 12.8. The van der Waals surface area contributed by atoms with Crippen molar-refractivity contribution in [3.05, 3.63) is 59.1 Å². The van der Waals surface area contributed by atoms with E-state index in [1.54, 1.807) is 24.3 Å². The molecule has 2 aliphatic rings. The summed E-state index contributed by atoms with van der Waals surface area (Å²) in [7, 11) is 0. The van der Waals surface area contributed by atoms with Crippen LogP contribution in [0.1, 0.15) is 37.8 Å². The van der Waals surface area contributed by atoms with Crippen LogP contribution in [0.5, 0.6) is 0 Å². The predicted octanol–water partition coefficient (Wildman–Crippen LogP) is -5.96. The van der Waals surface area contributed by atoms with Crippen LogP contribution in [-0.2, 0) is 60.8 Å². The summed E-state index contributed by atoms with van der Waals surface area (Å²) in [6.07, 6.45) is -11.5. The predicted molar refractivity (Wildman–Crippen MR) is 236 cm³/mol. The number of carbonyl (C=O) groups is 8. The van der Waals surface area contributed by atoms with Gasteiger partial charge in [-0.1, -0.05) is 24.3 Å². The van der Waals surface area contributed by atoms with Gasteiger partial charge in [0, 0.05) is 52.9 Å². The highest BCUT2D eigenvalue weighted by molar-refractivity contribution is 5.86. The number of nitrogens with one attached hydrogen (secondary N) is 10. The molecule has 30 heteroatoms. The second-order valence-electron chi connectivity index (χ2n) is 15.4. The van der Waals surface area contributed by atoms with Gasteiger partial charge >= 0.3 is 24.1 Å². The first-order valence-corrected chi connectivity index (χ1v) is 21.1. The lowest BCUT2D eigenvalue weighted by Gasteiger charge is -2.41. The fourth-order valence-corrected chi connectivity index (χ4v) is 6.86. The molecular weight excluding hydrogens is 937 g/mol. The number of hydrogen-bond acceptors (Lipinski definition) is 18. The normalized spacial score (nSPS) is 21.0. The van der Waals surface area contributed by atoms with E-state index in [4.69, 9.17) is 41.2 Å². The number of aliphatic carboxylic acids is 2. The molecule has 0 spiro atoms. The van der Waals surface area contributed by atoms with Crippen molar-refractivity contribution in [1.82, 2.24) is 42.5 Å². The number of alkyl carbamates (subject to hydrolysis) is 2. The van der Waals surface area contributed by atoms with Gasteiger partial charge < -0.3 is 104 Å². The number of carboxylic acid groups (broad SMARTS) is 2. The number of hydrogen-bond donors (Lipinski definition) is 18. The third kappa shape index (κ3) is 17.9. The van der Waals surface area contributed by atoms with Crippen molar-refractivity contribution in [2.75, 3.05) is 26.3 Å². The third-order valence-electron chi connectivity index (χ3n) is 9.99. The van der Waals surface area contributed by atoms with Crippen LogP contribution in [0.25, 0.3) is 0 Å². The number of carboxylic acids is 2. The number of nitrogens with two attached hydrogens (primary N) is 2. The summed E-state index contributed by atoms with van der Waals surface area (Å²) in [5.74, 6) is -8.09. The van der Waals surface area contributed by atoms with E-state index < -0.39 is 145 Å². The largest absolute Gasteiger partial charge is 0.477 e. The molecule has 1 aromatic rings. The number of aliphatic hydroxyl groups excluding tert-OH is 4. The van der Waals surface area contributed by atoms with Crippen molar-refractivity contribution < 1.29 is 87.9 Å². The van der Waals surface area contributed by atoms with Gasteiger partial charge in [-0.2, -0.15) is 0 Å². The lowest BCUT2D eigenvalue weighted by molar-refractivity contribution is -0.147. The Balaban J connectivity index is 1.47. The topological polar surface area (TPSA) is 491 Å². The van der Waals surface area contributed by atoms with Crippen LogP contribution in [0.3, 0.4) is 0 Å². The van der Waals surface area contributed by atoms with Gasteiger partial charge in [-0.25, -0.2) is 19.2 Å². The SMILES string of the molecule is CC(=O)NC1[C@@H](NC(=N)N)C=C(C(=O)O)O[C@H]1[C@H](OC(=O)NCCC(=O)NCc1ccc(CNC(=O)CCNC(=O)O[C@H]([C@H](O)CO)[C@@H]2OC(C(=O)O)=C[C@H](NC(=N)N)C2NC(C)=O)cc1)[C@H](O)CO. The highest BCUT2D eigenvalue weighted by atomic mass is 16.6. The number of carbonyl (C=O) groups excluding carboxylic acids is 6. The molecular formula is C40H58N12O18. The highest BCUT2D eigenvalue weighted by Gasteiger charge is 2.48. The standard InChI is InChI=1S/C40H58N12O18/c1-17(55)49-29-21(51-37(41)42)11-25(35(61)62)67-33(29)31(23(57)15-53)69-39(65)45-9-7-27(59)47-13-19-3-5-20(6-4-19)14-48-28(60)8-10-46-40(66)70-32(24(58)16-54)34-30(50-18(2)56)22(52-38(43)44)12-26(68-34)36(63)64/h3-6,11-12,21-24,29-34,53-54,57-58H,7-10,13-16H2,1-2H3,(H,45,65)(H,46,66)(H,47,59)(H,48,60)(H,49,55)(H,50,56)(H,61,62)(H,63,64)(H4,41,42,51)(H4,43,44,52)/t21-,22-,23+,24+,29?,30?,31+,32+,33+,34+/m0/s1. The average Bonchev–Trinajstić information content (AvgIpc) is 3.28. The van der Waals surface area contributed by atoms with Gasteiger partial charge in [0.1, 0.15) is 12.2 Å². The van der Waals surface area contributed by atoms with E-state index in [0.29, 0.717) is 11.1 Å². The van der Waals surface area contributed by atoms with E-state index in [-0.39, 0.29) is 39.0 Å². The number of aliphatic hydroxyl groups is 4. The minimum atomic E-state index is -1.86. The van der Waals surface area contributed by atoms with Gasteiger partial charge in [-0.05, 0) is 23.3 Å². The molecule has 0 saturated carbocycles. The Morgan fingerprint density at radius 2 is 0.957 bits per heavy atom. The molecule has 3 rings (SSSR count). The number of rotatable bonds is 24. The molecule has 0 radical (unpaired) electrons. The number of ether oxygens (including phenoxy) is 4. The van der Waals surface area contributed by atoms with E-state index in [1.807, 2.05) is 0 Å². The molecule has 30 nitrogen and oxygen atoms in total. The Morgan fingerprint density at radius 3 is 1.24 bits per heavy atom. The van der Waals surface area contributed by atoms with E-state index in [2.05, 4.69) is 42.5 Å². The first-order valence-electron chi connectivity index (χ1n) is 21.1. The molecule has 0 saturated heterocycles. The van der Waals surface area contributed by atoms with E-state index in [9.17, 15) is 69.0 Å². The van der Waals surface area contributed by atoms with Crippen LogP contribution >= 0.6 is 0 Å². The molecule has 2 heterocycles. The Hall–Kier alpha value is -7.96. The number of benzene rings is 1. The fourth-order valence-electron chi connectivity index (χ4n) is 6.86. The maximum Gasteiger partial charge on any atom is 0.407 e. The molecule has 70 heavy (non-hydrogen) atoms. The zero-order valence-corrected chi connectivity index (χ0v) is 37.6. The molecule has 0 fully saturated rings. The van der Waals surface area contributed by atoms with E-state index in [0.717, 1.165) is 26.0 Å². The van der Waals surface area contributed by atoms with Gasteiger partial charge in [0.25, 0.3) is 0 Å². The summed E-state index contributed by atoms with van der Waals surface area (Å²) in [5, 5.41) is 94.6. The van der Waals surface area contributed by atoms with Gasteiger partial charge in [0.15, 0.2) is 36.3 Å². The lowest BCUT2D eigenvalue weighted by Crippen LogP contribution is -2.65. The Morgan fingerprint density at radius 1 is 0.614 bits per heavy atom. The number of amides is 6. The van der Waals surface area contributed by atoms with Gasteiger partial charge in [0.2, 0.25) is 35.1 Å². The maximum atomic E-state index is 12.8. The van der Waals surface area contributed by atoms with E-state index in [1.165, 1.54) is 0 Å². The molecule has 1 aromatic carbocycles. The Bertz CT molecular complexity index is 2000. The summed E-state index contributed by atoms with van der Waals surface area (Å²) in [6, 6.07) is 1.72. The molecule has 0 bridgehead atoms. The first-order chi connectivity index (χ1) is 33.0. The van der Waals surface area contributed by atoms with Crippen molar-refractivity contribution in [3.8, 4) is 0 Å². The minimum absolute atomic E-state index is 0.0607. The molecule has 0 aliphatic carbocycles. The van der Waals surface area contributed by atoms with Crippen LogP contribution in [-0.4, -0.2) is 177 Å². The zero-order valence-electron chi connectivity index (χ0n) is 37.6. The number of guanidine groups is 2. The lowest BCUT2D eigenvalue weighted by atomic mass is 9.92. The Kier molecular flexibility index (Phi) is 21.9. The molecule has 6 amide bonds. The molecule has 2 aliphatic heterocycles. The average molecular weight is 995 g/mol. The second kappa shape index (κ2) is 27.1. The summed E-state index contributed by atoms with van der Waals surface area (Å²) < 4.78 is 21.5.